The van der Waals surface area contributed by atoms with E-state index in [0.29, 0.717) is 17.1 Å². The van der Waals surface area contributed by atoms with Crippen LogP contribution in [-0.2, 0) is 31.9 Å². The number of pyridine rings is 2. The van der Waals surface area contributed by atoms with Crippen LogP contribution in [0, 0.1) is 6.07 Å². The van der Waals surface area contributed by atoms with Crippen LogP contribution >= 0.6 is 0 Å². The van der Waals surface area contributed by atoms with Gasteiger partial charge in [-0.2, -0.15) is 6.07 Å². The van der Waals surface area contributed by atoms with Gasteiger partial charge in [0.2, 0.25) is 5.88 Å². The monoisotopic (exact) mass is 861 g/mol. The summed E-state index contributed by atoms with van der Waals surface area (Å²) >= 11 is 0. The standard InChI is InChI=1S/C46H40N3O2.Pt/c1-45(2,3)32-23-24-47-41(27-32)49-38-28-33(51-42-22-19-34-37(46(4,5)6)20-21-40(50)44(34)48-42)17-18-35(38)43-36(30-15-11-8-12-16-30)25-31(26-39(43)49)29-13-9-7-10-14-29;/h7-27,50H,1-6H3;/q-1;. The zero-order chi connectivity index (χ0) is 35.5. The van der Waals surface area contributed by atoms with Crippen molar-refractivity contribution in [1.82, 2.24) is 14.5 Å². The van der Waals surface area contributed by atoms with E-state index in [9.17, 15) is 5.11 Å². The molecule has 0 aliphatic carbocycles. The van der Waals surface area contributed by atoms with Gasteiger partial charge in [0.15, 0.2) is 0 Å². The topological polar surface area (TPSA) is 60.2 Å². The summed E-state index contributed by atoms with van der Waals surface area (Å²) in [5, 5.41) is 13.9. The number of ether oxygens (including phenoxy) is 1. The Kier molecular flexibility index (Phi) is 9.05. The number of aromatic hydroxyl groups is 1. The number of fused-ring (bicyclic) bond motifs is 4. The van der Waals surface area contributed by atoms with Crippen molar-refractivity contribution in [2.24, 2.45) is 0 Å². The molecular weight excluding hydrogens is 822 g/mol. The maximum atomic E-state index is 10.8. The Morgan fingerprint density at radius 2 is 1.37 bits per heavy atom. The number of benzene rings is 5. The summed E-state index contributed by atoms with van der Waals surface area (Å²) in [7, 11) is 0. The molecule has 8 aromatic rings. The second-order valence-corrected chi connectivity index (χ2v) is 15.3. The summed E-state index contributed by atoms with van der Waals surface area (Å²) in [6.45, 7) is 13.1. The largest absolute Gasteiger partial charge is 0.506 e. The van der Waals surface area contributed by atoms with Crippen molar-refractivity contribution in [3.63, 3.8) is 0 Å². The summed E-state index contributed by atoms with van der Waals surface area (Å²) in [4.78, 5) is 9.72. The van der Waals surface area contributed by atoms with Crippen LogP contribution in [0.5, 0.6) is 17.4 Å². The first-order valence-electron chi connectivity index (χ1n) is 17.4. The van der Waals surface area contributed by atoms with Crippen LogP contribution in [-0.4, -0.2) is 19.6 Å². The molecule has 0 aliphatic rings. The second kappa shape index (κ2) is 13.4. The molecule has 1 N–H and O–H groups in total. The molecule has 0 spiro atoms. The van der Waals surface area contributed by atoms with E-state index in [1.807, 2.05) is 36.5 Å². The molecule has 262 valence electrons. The maximum absolute atomic E-state index is 10.8. The molecule has 0 bridgehead atoms. The van der Waals surface area contributed by atoms with Crippen LogP contribution in [0.1, 0.15) is 52.7 Å². The molecule has 0 saturated heterocycles. The molecule has 52 heavy (non-hydrogen) atoms. The Morgan fingerprint density at radius 3 is 2.06 bits per heavy atom. The molecule has 0 unspecified atom stereocenters. The van der Waals surface area contributed by atoms with Crippen LogP contribution in [0.25, 0.3) is 60.8 Å². The van der Waals surface area contributed by atoms with Crippen molar-refractivity contribution in [3.05, 3.63) is 145 Å². The number of aromatic nitrogens is 3. The first-order valence-corrected chi connectivity index (χ1v) is 17.4. The Hall–Kier alpha value is -5.25. The van der Waals surface area contributed by atoms with Crippen molar-refractivity contribution >= 4 is 32.7 Å². The SMILES string of the molecule is CC(C)(C)c1ccnc(-n2c3[c-]c(Oc4ccc5c(C(C)(C)C)ccc(O)c5n4)ccc3c3c(-c4ccccc4)cc(-c4ccccc4)cc32)c1.[Pt]. The Bertz CT molecular complexity index is 2580. The molecule has 3 heterocycles. The van der Waals surface area contributed by atoms with E-state index in [2.05, 4.69) is 137 Å². The zero-order valence-corrected chi connectivity index (χ0v) is 32.4. The summed E-state index contributed by atoms with van der Waals surface area (Å²) in [6, 6.07) is 45.1. The molecule has 3 aromatic heterocycles. The number of rotatable bonds is 5. The normalized spacial score (nSPS) is 12.0. The first kappa shape index (κ1) is 35.2. The van der Waals surface area contributed by atoms with Crippen molar-refractivity contribution in [2.75, 3.05) is 0 Å². The van der Waals surface area contributed by atoms with Crippen LogP contribution < -0.4 is 4.74 Å². The summed E-state index contributed by atoms with van der Waals surface area (Å²) < 4.78 is 8.65. The smallest absolute Gasteiger partial charge is 0.217 e. The minimum absolute atomic E-state index is 0. The molecule has 8 rings (SSSR count). The Morgan fingerprint density at radius 1 is 0.673 bits per heavy atom. The molecule has 0 saturated carbocycles. The van der Waals surface area contributed by atoms with Crippen molar-refractivity contribution in [1.29, 1.82) is 0 Å². The van der Waals surface area contributed by atoms with Gasteiger partial charge in [-0.05, 0) is 86.0 Å². The minimum atomic E-state index is -0.112. The third-order valence-corrected chi connectivity index (χ3v) is 9.61. The van der Waals surface area contributed by atoms with Gasteiger partial charge in [0.25, 0.3) is 0 Å². The van der Waals surface area contributed by atoms with Gasteiger partial charge in [-0.15, -0.1) is 17.5 Å². The molecule has 0 radical (unpaired) electrons. The molecule has 5 aromatic carbocycles. The fourth-order valence-electron chi connectivity index (χ4n) is 7.00. The van der Waals surface area contributed by atoms with Crippen molar-refractivity contribution in [2.45, 2.75) is 52.4 Å². The van der Waals surface area contributed by atoms with E-state index < -0.39 is 0 Å². The number of phenolic OH excluding ortho intramolecular Hbond substituents is 1. The number of hydrogen-bond donors (Lipinski definition) is 1. The average Bonchev–Trinajstić information content (AvgIpc) is 3.45. The van der Waals surface area contributed by atoms with E-state index in [4.69, 9.17) is 14.7 Å². The van der Waals surface area contributed by atoms with Gasteiger partial charge < -0.3 is 14.4 Å². The van der Waals surface area contributed by atoms with Gasteiger partial charge >= 0.3 is 0 Å². The predicted octanol–water partition coefficient (Wildman–Crippen LogP) is 12.0. The fourth-order valence-corrected chi connectivity index (χ4v) is 7.00. The van der Waals surface area contributed by atoms with Crippen LogP contribution in [0.4, 0.5) is 0 Å². The molecule has 5 nitrogen and oxygen atoms in total. The predicted molar refractivity (Wildman–Crippen MR) is 209 cm³/mol. The van der Waals surface area contributed by atoms with E-state index in [0.717, 1.165) is 60.8 Å². The van der Waals surface area contributed by atoms with Gasteiger partial charge in [-0.25, -0.2) is 9.97 Å². The quantitative estimate of drug-likeness (QED) is 0.175. The molecule has 0 fully saturated rings. The van der Waals surface area contributed by atoms with E-state index in [-0.39, 0.29) is 37.6 Å². The average molecular weight is 862 g/mol. The molecular formula is C46H40N3O2Pt-. The third-order valence-electron chi connectivity index (χ3n) is 9.61. The van der Waals surface area contributed by atoms with E-state index in [1.165, 1.54) is 5.56 Å². The number of phenols is 1. The minimum Gasteiger partial charge on any atom is -0.506 e. The third kappa shape index (κ3) is 6.39. The van der Waals surface area contributed by atoms with Gasteiger partial charge in [0.05, 0.1) is 0 Å². The zero-order valence-electron chi connectivity index (χ0n) is 30.1. The van der Waals surface area contributed by atoms with Crippen molar-refractivity contribution in [3.8, 4) is 45.5 Å². The van der Waals surface area contributed by atoms with Crippen molar-refractivity contribution < 1.29 is 30.9 Å². The molecule has 0 amide bonds. The van der Waals surface area contributed by atoms with Crippen LogP contribution in [0.15, 0.2) is 128 Å². The fraction of sp³-hybridized carbons (Fsp3) is 0.174. The Labute approximate surface area is 319 Å². The summed E-state index contributed by atoms with van der Waals surface area (Å²) in [5.41, 5.74) is 9.02. The second-order valence-electron chi connectivity index (χ2n) is 15.3. The van der Waals surface area contributed by atoms with Gasteiger partial charge in [-0.3, -0.25) is 0 Å². The van der Waals surface area contributed by atoms with E-state index >= 15 is 0 Å². The van der Waals surface area contributed by atoms with Crippen LogP contribution in [0.2, 0.25) is 0 Å². The Balaban J connectivity index is 0.00000420. The van der Waals surface area contributed by atoms with Gasteiger partial charge in [0.1, 0.15) is 17.1 Å². The summed E-state index contributed by atoms with van der Waals surface area (Å²) in [6.07, 6.45) is 1.89. The van der Waals surface area contributed by atoms with Gasteiger partial charge in [-0.1, -0.05) is 114 Å². The number of nitrogens with zero attached hydrogens (tertiary/aromatic N) is 3. The molecule has 0 aliphatic heterocycles. The summed E-state index contributed by atoms with van der Waals surface area (Å²) in [5.74, 6) is 1.83. The van der Waals surface area contributed by atoms with Gasteiger partial charge in [0, 0.05) is 50.0 Å². The van der Waals surface area contributed by atoms with E-state index in [1.54, 1.807) is 6.07 Å². The molecule has 0 atom stereocenters. The van der Waals surface area contributed by atoms with Crippen LogP contribution in [0.3, 0.4) is 0 Å². The maximum Gasteiger partial charge on any atom is 0.217 e. The first-order chi connectivity index (χ1) is 24.5. The molecule has 6 heteroatoms. The number of hydrogen-bond acceptors (Lipinski definition) is 4.